The molecule has 0 spiro atoms. The molecule has 0 N–H and O–H groups in total. The lowest BCUT2D eigenvalue weighted by Gasteiger charge is -2.07. The van der Waals surface area contributed by atoms with E-state index in [0.717, 1.165) is 31.9 Å². The maximum absolute atomic E-state index is 5.91. The van der Waals surface area contributed by atoms with Crippen LogP contribution in [0.3, 0.4) is 0 Å². The van der Waals surface area contributed by atoms with Crippen molar-refractivity contribution in [2.45, 2.75) is 9.79 Å². The van der Waals surface area contributed by atoms with E-state index in [9.17, 15) is 0 Å². The van der Waals surface area contributed by atoms with Gasteiger partial charge in [-0.25, -0.2) is 0 Å². The highest BCUT2D eigenvalue weighted by molar-refractivity contribution is 7.99. The van der Waals surface area contributed by atoms with Gasteiger partial charge in [-0.1, -0.05) is 41.6 Å². The molecule has 3 nitrogen and oxygen atoms in total. The normalized spacial score (nSPS) is 13.3. The predicted octanol–water partition coefficient (Wildman–Crippen LogP) is 4.49. The van der Waals surface area contributed by atoms with E-state index in [4.69, 9.17) is 11.6 Å². The molecular formula is C16H10ClN3S. The molecule has 0 amide bonds. The number of pyridine rings is 1. The maximum Gasteiger partial charge on any atom is 0.168 e. The molecule has 0 bridgehead atoms. The Labute approximate surface area is 131 Å². The minimum Gasteiger partial charge on any atom is -0.281 e. The number of halogens is 1. The first-order valence-electron chi connectivity index (χ1n) is 6.46. The summed E-state index contributed by atoms with van der Waals surface area (Å²) in [5.41, 5.74) is 1.96. The van der Waals surface area contributed by atoms with Crippen LogP contribution in [0, 0.1) is 0 Å². The second-order valence-electron chi connectivity index (χ2n) is 4.65. The highest BCUT2D eigenvalue weighted by Gasteiger charge is 2.11. The molecule has 4 rings (SSSR count). The Balaban J connectivity index is 1.70. The SMILES string of the molecule is Clc1ccc(Sc2ccc3nnc(C4=CC=C4)n3c2)cc1. The lowest BCUT2D eigenvalue weighted by molar-refractivity contribution is 1.05. The van der Waals surface area contributed by atoms with Crippen molar-refractivity contribution in [3.05, 3.63) is 71.7 Å². The molecule has 0 unspecified atom stereocenters. The summed E-state index contributed by atoms with van der Waals surface area (Å²) in [6.45, 7) is 0. The third-order valence-corrected chi connectivity index (χ3v) is 4.47. The Morgan fingerprint density at radius 2 is 1.71 bits per heavy atom. The molecular weight excluding hydrogens is 302 g/mol. The number of allylic oxidation sites excluding steroid dienone is 4. The summed E-state index contributed by atoms with van der Waals surface area (Å²) < 4.78 is 2.02. The Hall–Kier alpha value is -2.04. The third kappa shape index (κ3) is 2.37. The van der Waals surface area contributed by atoms with E-state index in [2.05, 4.69) is 22.5 Å². The van der Waals surface area contributed by atoms with Crippen molar-refractivity contribution in [3.8, 4) is 0 Å². The van der Waals surface area contributed by atoms with E-state index in [1.807, 2.05) is 53.0 Å². The van der Waals surface area contributed by atoms with Gasteiger partial charge < -0.3 is 0 Å². The van der Waals surface area contributed by atoms with Gasteiger partial charge in [-0.2, -0.15) is 0 Å². The molecule has 2 heterocycles. The van der Waals surface area contributed by atoms with Gasteiger partial charge in [-0.15, -0.1) is 10.2 Å². The molecule has 1 aliphatic rings. The van der Waals surface area contributed by atoms with Gasteiger partial charge in [0.05, 0.1) is 0 Å². The summed E-state index contributed by atoms with van der Waals surface area (Å²) in [5, 5.41) is 9.19. The Morgan fingerprint density at radius 1 is 0.952 bits per heavy atom. The van der Waals surface area contributed by atoms with Crippen molar-refractivity contribution in [2.75, 3.05) is 0 Å². The summed E-state index contributed by atoms with van der Waals surface area (Å²) in [6.07, 6.45) is 8.14. The number of rotatable bonds is 3. The van der Waals surface area contributed by atoms with E-state index in [-0.39, 0.29) is 0 Å². The van der Waals surface area contributed by atoms with Crippen LogP contribution < -0.4 is 0 Å². The zero-order valence-corrected chi connectivity index (χ0v) is 12.5. The number of hydrogen-bond donors (Lipinski definition) is 0. The molecule has 2 aromatic heterocycles. The topological polar surface area (TPSA) is 30.2 Å². The van der Waals surface area contributed by atoms with E-state index in [1.54, 1.807) is 11.8 Å². The van der Waals surface area contributed by atoms with Crippen molar-refractivity contribution in [1.82, 2.24) is 14.6 Å². The summed E-state index contributed by atoms with van der Waals surface area (Å²) in [5.74, 6) is 0.881. The van der Waals surface area contributed by atoms with Crippen LogP contribution in [0.25, 0.3) is 11.2 Å². The molecule has 0 aliphatic heterocycles. The largest absolute Gasteiger partial charge is 0.281 e. The number of nitrogens with zero attached hydrogens (tertiary/aromatic N) is 3. The van der Waals surface area contributed by atoms with E-state index in [0.29, 0.717) is 0 Å². The highest BCUT2D eigenvalue weighted by Crippen LogP contribution is 2.30. The Kier molecular flexibility index (Phi) is 3.05. The van der Waals surface area contributed by atoms with E-state index < -0.39 is 0 Å². The van der Waals surface area contributed by atoms with Crippen molar-refractivity contribution in [2.24, 2.45) is 0 Å². The minimum atomic E-state index is 0.750. The van der Waals surface area contributed by atoms with Crippen LogP contribution in [-0.4, -0.2) is 14.6 Å². The number of hydrogen-bond acceptors (Lipinski definition) is 3. The van der Waals surface area contributed by atoms with Crippen LogP contribution in [0.5, 0.6) is 0 Å². The minimum absolute atomic E-state index is 0.750. The molecule has 5 heteroatoms. The molecule has 102 valence electrons. The van der Waals surface area contributed by atoms with Crippen LogP contribution in [0.15, 0.2) is 70.6 Å². The fraction of sp³-hybridized carbons (Fsp3) is 0. The highest BCUT2D eigenvalue weighted by atomic mass is 35.5. The first-order valence-corrected chi connectivity index (χ1v) is 7.66. The second kappa shape index (κ2) is 5.06. The smallest absolute Gasteiger partial charge is 0.168 e. The second-order valence-corrected chi connectivity index (χ2v) is 6.24. The first kappa shape index (κ1) is 12.7. The maximum atomic E-state index is 5.91. The molecule has 0 saturated heterocycles. The van der Waals surface area contributed by atoms with E-state index in [1.165, 1.54) is 0 Å². The summed E-state index contributed by atoms with van der Waals surface area (Å²) in [7, 11) is 0. The van der Waals surface area contributed by atoms with Gasteiger partial charge in [0.2, 0.25) is 0 Å². The molecule has 0 fully saturated rings. The van der Waals surface area contributed by atoms with Crippen LogP contribution in [0.4, 0.5) is 0 Å². The van der Waals surface area contributed by atoms with Gasteiger partial charge in [0.25, 0.3) is 0 Å². The third-order valence-electron chi connectivity index (χ3n) is 3.23. The zero-order chi connectivity index (χ0) is 14.2. The van der Waals surface area contributed by atoms with Gasteiger partial charge >= 0.3 is 0 Å². The van der Waals surface area contributed by atoms with Crippen molar-refractivity contribution in [3.63, 3.8) is 0 Å². The molecule has 21 heavy (non-hydrogen) atoms. The predicted molar refractivity (Wildman–Crippen MR) is 85.7 cm³/mol. The number of benzene rings is 1. The molecule has 0 radical (unpaired) electrons. The van der Waals surface area contributed by atoms with Crippen LogP contribution >= 0.6 is 23.4 Å². The average Bonchev–Trinajstić information content (AvgIpc) is 2.83. The summed E-state index contributed by atoms with van der Waals surface area (Å²) in [4.78, 5) is 2.28. The molecule has 0 saturated carbocycles. The van der Waals surface area contributed by atoms with Crippen molar-refractivity contribution >= 4 is 34.6 Å². The monoisotopic (exact) mass is 311 g/mol. The standard InChI is InChI=1S/C16H10ClN3S/c17-12-4-6-13(7-5-12)21-14-8-9-15-18-19-16(20(15)10-14)11-2-1-3-11/h1-10H. The van der Waals surface area contributed by atoms with Gasteiger partial charge in [0.15, 0.2) is 11.5 Å². The van der Waals surface area contributed by atoms with Crippen LogP contribution in [0.2, 0.25) is 5.02 Å². The fourth-order valence-corrected chi connectivity index (χ4v) is 3.07. The fourth-order valence-electron chi connectivity index (χ4n) is 2.11. The molecule has 1 aliphatic carbocycles. The quantitative estimate of drug-likeness (QED) is 0.714. The van der Waals surface area contributed by atoms with Crippen LogP contribution in [-0.2, 0) is 0 Å². The Bertz CT molecular complexity index is 878. The molecule has 3 aromatic rings. The zero-order valence-electron chi connectivity index (χ0n) is 10.9. The Morgan fingerprint density at radius 3 is 2.43 bits per heavy atom. The average molecular weight is 312 g/mol. The van der Waals surface area contributed by atoms with Gasteiger partial charge in [0.1, 0.15) is 0 Å². The van der Waals surface area contributed by atoms with Gasteiger partial charge in [-0.05, 0) is 36.4 Å². The number of aromatic nitrogens is 3. The molecule has 1 aromatic carbocycles. The lowest BCUT2D eigenvalue weighted by atomic mass is 10.1. The van der Waals surface area contributed by atoms with Crippen molar-refractivity contribution < 1.29 is 0 Å². The van der Waals surface area contributed by atoms with Crippen molar-refractivity contribution in [1.29, 1.82) is 0 Å². The van der Waals surface area contributed by atoms with Gasteiger partial charge in [-0.3, -0.25) is 4.40 Å². The lowest BCUT2D eigenvalue weighted by Crippen LogP contribution is -1.95. The summed E-state index contributed by atoms with van der Waals surface area (Å²) >= 11 is 7.60. The van der Waals surface area contributed by atoms with E-state index >= 15 is 0 Å². The molecule has 0 atom stereocenters. The first-order chi connectivity index (χ1) is 10.3. The number of fused-ring (bicyclic) bond motifs is 1. The summed E-state index contributed by atoms with van der Waals surface area (Å²) in [6, 6.07) is 11.9. The van der Waals surface area contributed by atoms with Crippen LogP contribution in [0.1, 0.15) is 5.82 Å². The van der Waals surface area contributed by atoms with Gasteiger partial charge in [0, 0.05) is 26.6 Å².